The predicted molar refractivity (Wildman–Crippen MR) is 122 cm³/mol. The van der Waals surface area contributed by atoms with Crippen molar-refractivity contribution in [2.45, 2.75) is 38.1 Å². The number of methoxy groups -OCH3 is 1. The van der Waals surface area contributed by atoms with Crippen LogP contribution in [-0.2, 0) is 4.79 Å². The minimum absolute atomic E-state index is 0.00954. The first-order valence-electron chi connectivity index (χ1n) is 11.3. The van der Waals surface area contributed by atoms with Crippen LogP contribution in [0.5, 0.6) is 11.5 Å². The second kappa shape index (κ2) is 8.34. The molecule has 6 heteroatoms. The highest BCUT2D eigenvalue weighted by atomic mass is 16.6. The third-order valence-electron chi connectivity index (χ3n) is 6.82. The van der Waals surface area contributed by atoms with Gasteiger partial charge in [0.05, 0.1) is 24.4 Å². The molecule has 5 rings (SSSR count). The summed E-state index contributed by atoms with van der Waals surface area (Å²) in [5.74, 6) is 1.24. The molecule has 32 heavy (non-hydrogen) atoms. The Morgan fingerprint density at radius 3 is 2.66 bits per heavy atom. The van der Waals surface area contributed by atoms with E-state index in [1.807, 2.05) is 29.2 Å². The number of carbonyl (C=O) groups is 2. The van der Waals surface area contributed by atoms with Gasteiger partial charge in [-0.05, 0) is 54.5 Å². The highest BCUT2D eigenvalue weighted by molar-refractivity contribution is 6.01. The van der Waals surface area contributed by atoms with E-state index in [4.69, 9.17) is 9.47 Å². The first kappa shape index (κ1) is 20.6. The lowest BCUT2D eigenvalue weighted by atomic mass is 9.76. The van der Waals surface area contributed by atoms with Gasteiger partial charge in [-0.25, -0.2) is 0 Å². The third kappa shape index (κ3) is 3.53. The van der Waals surface area contributed by atoms with E-state index >= 15 is 0 Å². The summed E-state index contributed by atoms with van der Waals surface area (Å²) in [6.07, 6.45) is 7.60. The fourth-order valence-electron chi connectivity index (χ4n) is 5.34. The van der Waals surface area contributed by atoms with Gasteiger partial charge in [-0.3, -0.25) is 9.59 Å². The fourth-order valence-corrected chi connectivity index (χ4v) is 5.34. The number of hydrogen-bond acceptors (Lipinski definition) is 5. The molecule has 2 aromatic rings. The molecular weight excluding hydrogens is 404 g/mol. The number of ether oxygens (including phenoxy) is 2. The van der Waals surface area contributed by atoms with Crippen LogP contribution in [0.3, 0.4) is 0 Å². The molecule has 0 radical (unpaired) electrons. The van der Waals surface area contributed by atoms with E-state index in [2.05, 4.69) is 23.5 Å². The van der Waals surface area contributed by atoms with E-state index in [9.17, 15) is 9.59 Å². The minimum Gasteiger partial charge on any atom is -0.493 e. The van der Waals surface area contributed by atoms with E-state index in [0.29, 0.717) is 17.4 Å². The summed E-state index contributed by atoms with van der Waals surface area (Å²) in [5, 5.41) is 3.72. The van der Waals surface area contributed by atoms with Crippen molar-refractivity contribution < 1.29 is 19.1 Å². The number of amides is 1. The fraction of sp³-hybridized carbons (Fsp3) is 0.385. The van der Waals surface area contributed by atoms with Crippen LogP contribution >= 0.6 is 0 Å². The number of hydrogen-bond donors (Lipinski definition) is 1. The van der Waals surface area contributed by atoms with Crippen LogP contribution in [0.4, 0.5) is 5.69 Å². The molecule has 3 aliphatic rings. The van der Waals surface area contributed by atoms with Crippen LogP contribution in [0.15, 0.2) is 48.6 Å². The van der Waals surface area contributed by atoms with Crippen molar-refractivity contribution in [1.82, 2.24) is 4.90 Å². The number of nitrogens with one attached hydrogen (secondary N) is 1. The van der Waals surface area contributed by atoms with Crippen LogP contribution in [0.2, 0.25) is 0 Å². The van der Waals surface area contributed by atoms with Crippen molar-refractivity contribution in [3.05, 3.63) is 65.2 Å². The van der Waals surface area contributed by atoms with Crippen molar-refractivity contribution in [2.75, 3.05) is 25.5 Å². The summed E-state index contributed by atoms with van der Waals surface area (Å²) in [6.45, 7) is 3.03. The minimum atomic E-state index is -0.383. The Balaban J connectivity index is 1.54. The third-order valence-corrected chi connectivity index (χ3v) is 6.82. The second-order valence-electron chi connectivity index (χ2n) is 8.75. The zero-order chi connectivity index (χ0) is 22.2. The molecule has 1 N–H and O–H groups in total. The summed E-state index contributed by atoms with van der Waals surface area (Å²) in [5.41, 5.74) is 3.92. The standard InChI is InChI=1S/C26H28N2O4/c1-16(29)32-22-12-11-17(15-23(22)31-2)24-19-8-5-7-18(19)20-9-6-10-21(25(20)27-24)26(30)28-13-3-4-14-28/h5-7,9-12,15,18-19,24,27H,3-4,8,13-14H2,1-2H3. The van der Waals surface area contributed by atoms with Crippen LogP contribution < -0.4 is 14.8 Å². The Morgan fingerprint density at radius 2 is 1.91 bits per heavy atom. The number of allylic oxidation sites excluding steroid dienone is 2. The number of carbonyl (C=O) groups excluding carboxylic acids is 2. The molecule has 6 nitrogen and oxygen atoms in total. The molecule has 166 valence electrons. The normalized spacial score (nSPS) is 23.3. The number of likely N-dealkylation sites (tertiary alicyclic amines) is 1. The SMILES string of the molecule is COc1cc(C2Nc3c(C(=O)N4CCCC4)cccc3C3C=CCC32)ccc1OC(C)=O. The van der Waals surface area contributed by atoms with Gasteiger partial charge in [0.25, 0.3) is 5.91 Å². The summed E-state index contributed by atoms with van der Waals surface area (Å²) in [4.78, 5) is 26.7. The number of rotatable bonds is 4. The number of fused-ring (bicyclic) bond motifs is 3. The van der Waals surface area contributed by atoms with Gasteiger partial charge in [0.2, 0.25) is 0 Å². The van der Waals surface area contributed by atoms with Crippen molar-refractivity contribution in [1.29, 1.82) is 0 Å². The maximum Gasteiger partial charge on any atom is 0.308 e. The van der Waals surface area contributed by atoms with Gasteiger partial charge in [0, 0.05) is 25.9 Å². The summed E-state index contributed by atoms with van der Waals surface area (Å²) in [7, 11) is 1.57. The average molecular weight is 433 g/mol. The van der Waals surface area contributed by atoms with E-state index in [-0.39, 0.29) is 23.8 Å². The molecule has 2 heterocycles. The number of nitrogens with zero attached hydrogens (tertiary/aromatic N) is 1. The molecule has 3 unspecified atom stereocenters. The molecule has 1 amide bonds. The molecule has 0 saturated carbocycles. The van der Waals surface area contributed by atoms with E-state index in [0.717, 1.165) is 49.2 Å². The molecule has 1 aliphatic carbocycles. The van der Waals surface area contributed by atoms with Gasteiger partial charge in [-0.1, -0.05) is 30.4 Å². The predicted octanol–water partition coefficient (Wildman–Crippen LogP) is 4.68. The first-order valence-corrected chi connectivity index (χ1v) is 11.3. The van der Waals surface area contributed by atoms with E-state index in [1.165, 1.54) is 12.5 Å². The number of esters is 1. The number of para-hydroxylation sites is 1. The Hall–Kier alpha value is -3.28. The molecule has 0 bridgehead atoms. The maximum atomic E-state index is 13.3. The van der Waals surface area contributed by atoms with Crippen LogP contribution in [0.1, 0.15) is 59.6 Å². The van der Waals surface area contributed by atoms with Crippen molar-refractivity contribution in [3.63, 3.8) is 0 Å². The van der Waals surface area contributed by atoms with Gasteiger partial charge in [-0.15, -0.1) is 0 Å². The molecule has 1 fully saturated rings. The van der Waals surface area contributed by atoms with Gasteiger partial charge in [0.15, 0.2) is 11.5 Å². The van der Waals surface area contributed by atoms with Crippen molar-refractivity contribution >= 4 is 17.6 Å². The average Bonchev–Trinajstić information content (AvgIpc) is 3.50. The topological polar surface area (TPSA) is 67.9 Å². The Kier molecular flexibility index (Phi) is 5.37. The lowest BCUT2D eigenvalue weighted by Crippen LogP contribution is -2.33. The summed E-state index contributed by atoms with van der Waals surface area (Å²) >= 11 is 0. The van der Waals surface area contributed by atoms with Gasteiger partial charge >= 0.3 is 5.97 Å². The van der Waals surface area contributed by atoms with Crippen molar-refractivity contribution in [2.24, 2.45) is 5.92 Å². The second-order valence-corrected chi connectivity index (χ2v) is 8.75. The molecule has 3 atom stereocenters. The first-order chi connectivity index (χ1) is 15.6. The maximum absolute atomic E-state index is 13.3. The molecular formula is C26H28N2O4. The number of benzene rings is 2. The molecule has 0 spiro atoms. The lowest BCUT2D eigenvalue weighted by Gasteiger charge is -2.38. The molecule has 0 aromatic heterocycles. The van der Waals surface area contributed by atoms with Gasteiger partial charge in [-0.2, -0.15) is 0 Å². The summed E-state index contributed by atoms with van der Waals surface area (Å²) < 4.78 is 10.8. The number of anilines is 1. The highest BCUT2D eigenvalue weighted by Crippen LogP contribution is 2.51. The summed E-state index contributed by atoms with van der Waals surface area (Å²) in [6, 6.07) is 11.8. The molecule has 2 aromatic carbocycles. The van der Waals surface area contributed by atoms with E-state index < -0.39 is 0 Å². The molecule has 2 aliphatic heterocycles. The smallest absolute Gasteiger partial charge is 0.308 e. The van der Waals surface area contributed by atoms with Crippen LogP contribution in [0, 0.1) is 5.92 Å². The Morgan fingerprint density at radius 1 is 1.09 bits per heavy atom. The highest BCUT2D eigenvalue weighted by Gasteiger charge is 2.40. The molecule has 1 saturated heterocycles. The Labute approximate surface area is 188 Å². The Bertz CT molecular complexity index is 1090. The zero-order valence-corrected chi connectivity index (χ0v) is 18.5. The lowest BCUT2D eigenvalue weighted by molar-refractivity contribution is -0.132. The quantitative estimate of drug-likeness (QED) is 0.432. The largest absolute Gasteiger partial charge is 0.493 e. The zero-order valence-electron chi connectivity index (χ0n) is 18.5. The monoisotopic (exact) mass is 432 g/mol. The van der Waals surface area contributed by atoms with Gasteiger partial charge < -0.3 is 19.7 Å². The van der Waals surface area contributed by atoms with Crippen LogP contribution in [-0.4, -0.2) is 37.0 Å². The van der Waals surface area contributed by atoms with E-state index in [1.54, 1.807) is 13.2 Å². The van der Waals surface area contributed by atoms with Crippen LogP contribution in [0.25, 0.3) is 0 Å². The van der Waals surface area contributed by atoms with Gasteiger partial charge in [0.1, 0.15) is 0 Å². The van der Waals surface area contributed by atoms with Crippen molar-refractivity contribution in [3.8, 4) is 11.5 Å².